The quantitative estimate of drug-likeness (QED) is 0.869. The Kier molecular flexibility index (Phi) is 3.64. The van der Waals surface area contributed by atoms with E-state index in [0.717, 1.165) is 16.9 Å². The van der Waals surface area contributed by atoms with Gasteiger partial charge in [-0.3, -0.25) is 0 Å². The number of rotatable bonds is 2. The zero-order valence-corrected chi connectivity index (χ0v) is 13.5. The lowest BCUT2D eigenvalue weighted by atomic mass is 9.85. The van der Waals surface area contributed by atoms with Gasteiger partial charge in [0.1, 0.15) is 5.75 Å². The molecule has 0 spiro atoms. The SMILES string of the molecule is CC1(C)COc2ccc(C(N)c3cc(Cl)cc(Cl)c3)cc21. The summed E-state index contributed by atoms with van der Waals surface area (Å²) in [5.74, 6) is 0.945. The first-order chi connectivity index (χ1) is 9.87. The van der Waals surface area contributed by atoms with Gasteiger partial charge in [-0.15, -0.1) is 0 Å². The van der Waals surface area contributed by atoms with E-state index in [-0.39, 0.29) is 11.5 Å². The molecule has 1 atom stereocenters. The van der Waals surface area contributed by atoms with Crippen molar-refractivity contribution in [3.05, 3.63) is 63.1 Å². The summed E-state index contributed by atoms with van der Waals surface area (Å²) < 4.78 is 5.71. The highest BCUT2D eigenvalue weighted by atomic mass is 35.5. The zero-order valence-electron chi connectivity index (χ0n) is 12.0. The molecule has 1 heterocycles. The van der Waals surface area contributed by atoms with Crippen molar-refractivity contribution in [3.63, 3.8) is 0 Å². The van der Waals surface area contributed by atoms with Gasteiger partial charge in [-0.25, -0.2) is 0 Å². The molecule has 2 aromatic rings. The van der Waals surface area contributed by atoms with Crippen molar-refractivity contribution < 1.29 is 4.74 Å². The van der Waals surface area contributed by atoms with Crippen molar-refractivity contribution in [2.24, 2.45) is 5.73 Å². The maximum absolute atomic E-state index is 6.38. The Morgan fingerprint density at radius 3 is 2.38 bits per heavy atom. The van der Waals surface area contributed by atoms with E-state index in [9.17, 15) is 0 Å². The molecule has 0 aromatic heterocycles. The van der Waals surface area contributed by atoms with E-state index in [4.69, 9.17) is 33.7 Å². The Bertz CT molecular complexity index is 677. The Morgan fingerprint density at radius 1 is 1.05 bits per heavy atom. The lowest BCUT2D eigenvalue weighted by Gasteiger charge is -2.18. The average Bonchev–Trinajstić information content (AvgIpc) is 2.72. The monoisotopic (exact) mass is 321 g/mol. The largest absolute Gasteiger partial charge is 0.492 e. The summed E-state index contributed by atoms with van der Waals surface area (Å²) in [6, 6.07) is 11.3. The number of hydrogen-bond donors (Lipinski definition) is 1. The predicted molar refractivity (Wildman–Crippen MR) is 87.5 cm³/mol. The summed E-state index contributed by atoms with van der Waals surface area (Å²) in [6.07, 6.45) is 0. The minimum absolute atomic E-state index is 0.0110. The highest BCUT2D eigenvalue weighted by Gasteiger charge is 2.32. The van der Waals surface area contributed by atoms with Gasteiger partial charge in [-0.05, 0) is 41.5 Å². The maximum Gasteiger partial charge on any atom is 0.123 e. The lowest BCUT2D eigenvalue weighted by molar-refractivity contribution is 0.291. The summed E-state index contributed by atoms with van der Waals surface area (Å²) >= 11 is 12.1. The molecule has 3 rings (SSSR count). The van der Waals surface area contributed by atoms with Gasteiger partial charge in [0.2, 0.25) is 0 Å². The fraction of sp³-hybridized carbons (Fsp3) is 0.294. The number of hydrogen-bond acceptors (Lipinski definition) is 2. The van der Waals surface area contributed by atoms with E-state index in [0.29, 0.717) is 16.7 Å². The first-order valence-electron chi connectivity index (χ1n) is 6.86. The molecular formula is C17H17Cl2NO. The lowest BCUT2D eigenvalue weighted by Crippen LogP contribution is -2.19. The van der Waals surface area contributed by atoms with E-state index in [1.807, 2.05) is 24.3 Å². The molecule has 4 heteroatoms. The second-order valence-corrected chi connectivity index (χ2v) is 6.98. The summed E-state index contributed by atoms with van der Waals surface area (Å²) in [4.78, 5) is 0. The minimum Gasteiger partial charge on any atom is -0.492 e. The van der Waals surface area contributed by atoms with Gasteiger partial charge in [0, 0.05) is 21.0 Å². The van der Waals surface area contributed by atoms with Crippen LogP contribution in [0, 0.1) is 0 Å². The van der Waals surface area contributed by atoms with Gasteiger partial charge in [0.05, 0.1) is 12.6 Å². The van der Waals surface area contributed by atoms with Gasteiger partial charge in [0.15, 0.2) is 0 Å². The molecule has 2 N–H and O–H groups in total. The molecule has 0 aliphatic carbocycles. The topological polar surface area (TPSA) is 35.2 Å². The van der Waals surface area contributed by atoms with Crippen molar-refractivity contribution in [1.29, 1.82) is 0 Å². The van der Waals surface area contributed by atoms with Crippen LogP contribution < -0.4 is 10.5 Å². The molecule has 21 heavy (non-hydrogen) atoms. The molecule has 2 nitrogen and oxygen atoms in total. The first-order valence-corrected chi connectivity index (χ1v) is 7.61. The minimum atomic E-state index is -0.261. The third-order valence-corrected chi connectivity index (χ3v) is 4.36. The zero-order chi connectivity index (χ0) is 15.2. The molecule has 0 fully saturated rings. The van der Waals surface area contributed by atoms with Crippen LogP contribution in [0.25, 0.3) is 0 Å². The van der Waals surface area contributed by atoms with Gasteiger partial charge < -0.3 is 10.5 Å². The fourth-order valence-corrected chi connectivity index (χ4v) is 3.22. The van der Waals surface area contributed by atoms with Crippen molar-refractivity contribution in [1.82, 2.24) is 0 Å². The van der Waals surface area contributed by atoms with Crippen LogP contribution in [0.15, 0.2) is 36.4 Å². The highest BCUT2D eigenvalue weighted by molar-refractivity contribution is 6.34. The summed E-state index contributed by atoms with van der Waals surface area (Å²) in [5, 5.41) is 1.19. The first kappa shape index (κ1) is 14.7. The standard InChI is InChI=1S/C17H17Cl2NO/c1-17(2)9-21-15-4-3-10(7-14(15)17)16(20)11-5-12(18)8-13(19)6-11/h3-8,16H,9,20H2,1-2H3. The normalized spacial score (nSPS) is 17.2. The molecule has 1 aliphatic heterocycles. The third-order valence-electron chi connectivity index (χ3n) is 3.92. The average molecular weight is 322 g/mol. The van der Waals surface area contributed by atoms with Crippen molar-refractivity contribution in [3.8, 4) is 5.75 Å². The molecule has 0 amide bonds. The predicted octanol–water partition coefficient (Wildman–Crippen LogP) is 4.71. The Morgan fingerprint density at radius 2 is 1.71 bits per heavy atom. The van der Waals surface area contributed by atoms with E-state index >= 15 is 0 Å². The van der Waals surface area contributed by atoms with Crippen LogP contribution in [0.5, 0.6) is 5.75 Å². The Labute approximate surface area is 134 Å². The summed E-state index contributed by atoms with van der Waals surface area (Å²) in [6.45, 7) is 5.04. The van der Waals surface area contributed by atoms with Gasteiger partial charge in [-0.1, -0.05) is 43.1 Å². The number of benzene rings is 2. The van der Waals surface area contributed by atoms with Crippen LogP contribution in [-0.4, -0.2) is 6.61 Å². The van der Waals surface area contributed by atoms with Crippen LogP contribution in [0.3, 0.4) is 0 Å². The molecular weight excluding hydrogens is 305 g/mol. The molecule has 0 radical (unpaired) electrons. The van der Waals surface area contributed by atoms with Crippen molar-refractivity contribution in [2.45, 2.75) is 25.3 Å². The van der Waals surface area contributed by atoms with Gasteiger partial charge in [0.25, 0.3) is 0 Å². The number of fused-ring (bicyclic) bond motifs is 1. The molecule has 1 aliphatic rings. The second kappa shape index (κ2) is 5.20. The second-order valence-electron chi connectivity index (χ2n) is 6.11. The van der Waals surface area contributed by atoms with Crippen LogP contribution in [0.1, 0.15) is 36.6 Å². The highest BCUT2D eigenvalue weighted by Crippen LogP contribution is 2.40. The van der Waals surface area contributed by atoms with E-state index in [2.05, 4.69) is 19.9 Å². The van der Waals surface area contributed by atoms with Crippen LogP contribution >= 0.6 is 23.2 Å². The number of halogens is 2. The molecule has 0 saturated heterocycles. The Balaban J connectivity index is 2.01. The van der Waals surface area contributed by atoms with E-state index < -0.39 is 0 Å². The van der Waals surface area contributed by atoms with Crippen LogP contribution in [0.2, 0.25) is 10.0 Å². The van der Waals surface area contributed by atoms with Crippen molar-refractivity contribution >= 4 is 23.2 Å². The fourth-order valence-electron chi connectivity index (χ4n) is 2.68. The van der Waals surface area contributed by atoms with Gasteiger partial charge in [-0.2, -0.15) is 0 Å². The smallest absolute Gasteiger partial charge is 0.123 e. The molecule has 110 valence electrons. The Hall–Kier alpha value is -1.22. The molecule has 2 aromatic carbocycles. The number of nitrogens with two attached hydrogens (primary N) is 1. The van der Waals surface area contributed by atoms with Crippen LogP contribution in [-0.2, 0) is 5.41 Å². The van der Waals surface area contributed by atoms with E-state index in [1.165, 1.54) is 5.56 Å². The third kappa shape index (κ3) is 2.76. The maximum atomic E-state index is 6.38. The molecule has 1 unspecified atom stereocenters. The summed E-state index contributed by atoms with van der Waals surface area (Å²) in [7, 11) is 0. The van der Waals surface area contributed by atoms with Gasteiger partial charge >= 0.3 is 0 Å². The molecule has 0 bridgehead atoms. The van der Waals surface area contributed by atoms with Crippen molar-refractivity contribution in [2.75, 3.05) is 6.61 Å². The summed E-state index contributed by atoms with van der Waals surface area (Å²) in [5.41, 5.74) is 9.53. The number of ether oxygens (including phenoxy) is 1. The van der Waals surface area contributed by atoms with Crippen LogP contribution in [0.4, 0.5) is 0 Å². The van der Waals surface area contributed by atoms with E-state index in [1.54, 1.807) is 6.07 Å². The molecule has 0 saturated carbocycles.